The van der Waals surface area contributed by atoms with E-state index in [1.54, 1.807) is 24.3 Å². The van der Waals surface area contributed by atoms with Crippen molar-refractivity contribution < 1.29 is 0 Å². The van der Waals surface area contributed by atoms with Crippen molar-refractivity contribution in [3.8, 4) is 17.3 Å². The van der Waals surface area contributed by atoms with Gasteiger partial charge in [-0.1, -0.05) is 35.5 Å². The molecule has 0 aliphatic heterocycles. The summed E-state index contributed by atoms with van der Waals surface area (Å²) in [5, 5.41) is 10.3. The Morgan fingerprint density at radius 3 is 2.64 bits per heavy atom. The van der Waals surface area contributed by atoms with Crippen molar-refractivity contribution in [1.29, 1.82) is 5.26 Å². The molecule has 0 radical (unpaired) electrons. The molecule has 1 aromatic heterocycles. The Kier molecular flexibility index (Phi) is 5.61. The van der Waals surface area contributed by atoms with Crippen molar-refractivity contribution in [3.63, 3.8) is 0 Å². The highest BCUT2D eigenvalue weighted by atomic mass is 35.5. The van der Waals surface area contributed by atoms with Gasteiger partial charge in [-0.25, -0.2) is 4.98 Å². The lowest BCUT2D eigenvalue weighted by atomic mass is 10.1. The van der Waals surface area contributed by atoms with E-state index in [0.717, 1.165) is 12.3 Å². The standard InChI is InChI=1S/C15H15ClN4OS/c1-20(2)7-8-22-15-18-13(12(9-17)14(21)19-15)10-3-5-11(16)6-4-10/h3-6H,7-8H2,1-2H3,(H,18,19,21). The summed E-state index contributed by atoms with van der Waals surface area (Å²) in [4.78, 5) is 21.2. The summed E-state index contributed by atoms with van der Waals surface area (Å²) in [6.07, 6.45) is 0. The zero-order valence-corrected chi connectivity index (χ0v) is 13.8. The number of nitrogens with one attached hydrogen (secondary N) is 1. The Bertz CT molecular complexity index is 750. The van der Waals surface area contributed by atoms with Crippen molar-refractivity contribution in [2.24, 2.45) is 0 Å². The van der Waals surface area contributed by atoms with Crippen molar-refractivity contribution in [3.05, 3.63) is 45.2 Å². The van der Waals surface area contributed by atoms with Gasteiger partial charge < -0.3 is 9.88 Å². The maximum atomic E-state index is 12.1. The lowest BCUT2D eigenvalue weighted by Crippen LogP contribution is -2.17. The number of nitrogens with zero attached hydrogens (tertiary/aromatic N) is 3. The molecule has 7 heteroatoms. The monoisotopic (exact) mass is 334 g/mol. The number of H-pyrrole nitrogens is 1. The number of halogens is 1. The van der Waals surface area contributed by atoms with Crippen LogP contribution in [-0.2, 0) is 0 Å². The quantitative estimate of drug-likeness (QED) is 0.672. The highest BCUT2D eigenvalue weighted by Crippen LogP contribution is 2.23. The molecule has 0 saturated heterocycles. The average Bonchev–Trinajstić information content (AvgIpc) is 2.47. The zero-order chi connectivity index (χ0) is 16.1. The molecule has 1 aromatic carbocycles. The van der Waals surface area contributed by atoms with Crippen molar-refractivity contribution in [1.82, 2.24) is 14.9 Å². The number of aromatic amines is 1. The van der Waals surface area contributed by atoms with Crippen LogP contribution < -0.4 is 5.56 Å². The lowest BCUT2D eigenvalue weighted by molar-refractivity contribution is 0.437. The number of rotatable bonds is 5. The molecule has 0 fully saturated rings. The SMILES string of the molecule is CN(C)CCSc1nc(-c2ccc(Cl)cc2)c(C#N)c(=O)[nH]1. The van der Waals surface area contributed by atoms with Crippen molar-refractivity contribution in [2.45, 2.75) is 5.16 Å². The number of benzene rings is 1. The highest BCUT2D eigenvalue weighted by Gasteiger charge is 2.13. The molecule has 1 heterocycles. The van der Waals surface area contributed by atoms with Gasteiger partial charge in [-0.05, 0) is 26.2 Å². The average molecular weight is 335 g/mol. The topological polar surface area (TPSA) is 72.8 Å². The van der Waals surface area contributed by atoms with Crippen LogP contribution in [0.2, 0.25) is 5.02 Å². The largest absolute Gasteiger partial charge is 0.309 e. The molecule has 1 N–H and O–H groups in total. The third-order valence-electron chi connectivity index (χ3n) is 2.90. The third kappa shape index (κ3) is 4.10. The molecule has 0 atom stereocenters. The van der Waals surface area contributed by atoms with Gasteiger partial charge >= 0.3 is 0 Å². The summed E-state index contributed by atoms with van der Waals surface area (Å²) < 4.78 is 0. The Labute approximate surface area is 137 Å². The van der Waals surface area contributed by atoms with Gasteiger partial charge in [-0.2, -0.15) is 5.26 Å². The van der Waals surface area contributed by atoms with Crippen LogP contribution in [0.25, 0.3) is 11.3 Å². The third-order valence-corrected chi connectivity index (χ3v) is 4.01. The summed E-state index contributed by atoms with van der Waals surface area (Å²) in [7, 11) is 3.96. The molecule has 5 nitrogen and oxygen atoms in total. The second-order valence-electron chi connectivity index (χ2n) is 4.87. The van der Waals surface area contributed by atoms with Gasteiger partial charge in [-0.3, -0.25) is 4.79 Å². The van der Waals surface area contributed by atoms with Gasteiger partial charge in [0.15, 0.2) is 5.16 Å². The molecule has 2 aromatic rings. The van der Waals surface area contributed by atoms with E-state index in [1.165, 1.54) is 11.8 Å². The van der Waals surface area contributed by atoms with Crippen LogP contribution >= 0.6 is 23.4 Å². The van der Waals surface area contributed by atoms with Crippen LogP contribution in [0.15, 0.2) is 34.2 Å². The smallest absolute Gasteiger partial charge is 0.270 e. The molecule has 0 amide bonds. The fraction of sp³-hybridized carbons (Fsp3) is 0.267. The highest BCUT2D eigenvalue weighted by molar-refractivity contribution is 7.99. The van der Waals surface area contributed by atoms with E-state index < -0.39 is 5.56 Å². The molecule has 0 unspecified atom stereocenters. The second kappa shape index (κ2) is 7.45. The molecule has 114 valence electrons. The number of hydrogen-bond acceptors (Lipinski definition) is 5. The minimum atomic E-state index is -0.421. The Hall–Kier alpha value is -1.81. The summed E-state index contributed by atoms with van der Waals surface area (Å²) >= 11 is 7.32. The predicted octanol–water partition coefficient (Wildman–Crippen LogP) is 2.62. The van der Waals surface area contributed by atoms with E-state index in [9.17, 15) is 10.1 Å². The molecule has 0 aliphatic carbocycles. The molecule has 0 saturated carbocycles. The molecular formula is C15H15ClN4OS. The molecule has 2 rings (SSSR count). The van der Waals surface area contributed by atoms with Crippen LogP contribution in [0.5, 0.6) is 0 Å². The maximum absolute atomic E-state index is 12.1. The van der Waals surface area contributed by atoms with Gasteiger partial charge in [0.1, 0.15) is 11.6 Å². The lowest BCUT2D eigenvalue weighted by Gasteiger charge is -2.09. The first kappa shape index (κ1) is 16.6. The summed E-state index contributed by atoms with van der Waals surface area (Å²) in [5.41, 5.74) is 0.672. The van der Waals surface area contributed by atoms with Gasteiger partial charge in [0.25, 0.3) is 5.56 Å². The first-order valence-electron chi connectivity index (χ1n) is 6.59. The molecule has 22 heavy (non-hydrogen) atoms. The van der Waals surface area contributed by atoms with Crippen molar-refractivity contribution in [2.75, 3.05) is 26.4 Å². The minimum Gasteiger partial charge on any atom is -0.309 e. The second-order valence-corrected chi connectivity index (χ2v) is 6.39. The van der Waals surface area contributed by atoms with Gasteiger partial charge in [0.05, 0.1) is 5.69 Å². The van der Waals surface area contributed by atoms with E-state index in [2.05, 4.69) is 14.9 Å². The van der Waals surface area contributed by atoms with Crippen LogP contribution in [-0.4, -0.2) is 41.3 Å². The number of aromatic nitrogens is 2. The van der Waals surface area contributed by atoms with Gasteiger partial charge in [0, 0.05) is 22.9 Å². The number of thioether (sulfide) groups is 1. The predicted molar refractivity (Wildman–Crippen MR) is 89.3 cm³/mol. The van der Waals surface area contributed by atoms with E-state index in [1.807, 2.05) is 20.2 Å². The van der Waals surface area contributed by atoms with Crippen LogP contribution in [0, 0.1) is 11.3 Å². The first-order valence-corrected chi connectivity index (χ1v) is 7.95. The van der Waals surface area contributed by atoms with Gasteiger partial charge in [-0.15, -0.1) is 0 Å². The minimum absolute atomic E-state index is 0.0132. The van der Waals surface area contributed by atoms with E-state index in [4.69, 9.17) is 11.6 Å². The summed E-state index contributed by atoms with van der Waals surface area (Å²) in [6, 6.07) is 8.84. The normalized spacial score (nSPS) is 10.7. The Morgan fingerprint density at radius 2 is 2.05 bits per heavy atom. The number of nitriles is 1. The van der Waals surface area contributed by atoms with Crippen LogP contribution in [0.4, 0.5) is 0 Å². The van der Waals surface area contributed by atoms with E-state index in [0.29, 0.717) is 21.4 Å². The van der Waals surface area contributed by atoms with Crippen LogP contribution in [0.3, 0.4) is 0 Å². The fourth-order valence-electron chi connectivity index (χ4n) is 1.77. The van der Waals surface area contributed by atoms with Crippen molar-refractivity contribution >= 4 is 23.4 Å². The van der Waals surface area contributed by atoms with E-state index in [-0.39, 0.29) is 5.56 Å². The first-order chi connectivity index (χ1) is 10.5. The van der Waals surface area contributed by atoms with E-state index >= 15 is 0 Å². The summed E-state index contributed by atoms with van der Waals surface area (Å²) in [6.45, 7) is 0.866. The fourth-order valence-corrected chi connectivity index (χ4v) is 2.86. The Balaban J connectivity index is 2.39. The number of hydrogen-bond donors (Lipinski definition) is 1. The van der Waals surface area contributed by atoms with Gasteiger partial charge in [0.2, 0.25) is 0 Å². The molecular weight excluding hydrogens is 320 g/mol. The maximum Gasteiger partial charge on any atom is 0.270 e. The summed E-state index contributed by atoms with van der Waals surface area (Å²) in [5.74, 6) is 0.794. The Morgan fingerprint density at radius 1 is 1.36 bits per heavy atom. The zero-order valence-electron chi connectivity index (χ0n) is 12.3. The molecule has 0 aliphatic rings. The molecule has 0 spiro atoms. The molecule has 0 bridgehead atoms. The van der Waals surface area contributed by atoms with Crippen LogP contribution in [0.1, 0.15) is 5.56 Å².